The third kappa shape index (κ3) is 4.46. The lowest BCUT2D eigenvalue weighted by Crippen LogP contribution is -2.28. The fourth-order valence-electron chi connectivity index (χ4n) is 2.75. The maximum atomic E-state index is 13.8. The van der Waals surface area contributed by atoms with Gasteiger partial charge in [-0.25, -0.2) is 8.78 Å². The van der Waals surface area contributed by atoms with E-state index in [1.807, 2.05) is 0 Å². The largest absolute Gasteiger partial charge is 0.455 e. The van der Waals surface area contributed by atoms with Crippen molar-refractivity contribution in [1.29, 1.82) is 0 Å². The Kier molecular flexibility index (Phi) is 5.44. The molecule has 1 N–H and O–H groups in total. The van der Waals surface area contributed by atoms with E-state index in [1.54, 1.807) is 6.07 Å². The Morgan fingerprint density at radius 2 is 1.81 bits per heavy atom. The van der Waals surface area contributed by atoms with Crippen LogP contribution in [-0.4, -0.2) is 30.9 Å². The molecule has 1 saturated heterocycles. The molecular weight excluding hydrogens is 358 g/mol. The molecule has 8 heteroatoms. The normalized spacial score (nSPS) is 16.3. The van der Waals surface area contributed by atoms with Crippen molar-refractivity contribution in [2.24, 2.45) is 5.92 Å². The molecule has 1 aliphatic heterocycles. The zero-order valence-corrected chi connectivity index (χ0v) is 14.2. The number of rotatable bonds is 5. The summed E-state index contributed by atoms with van der Waals surface area (Å²) in [6, 6.07) is 10.9. The Morgan fingerprint density at radius 3 is 2.52 bits per heavy atom. The third-order valence-corrected chi connectivity index (χ3v) is 4.08. The van der Waals surface area contributed by atoms with E-state index in [2.05, 4.69) is 5.32 Å². The van der Waals surface area contributed by atoms with Gasteiger partial charge in [-0.3, -0.25) is 14.4 Å². The molecule has 0 spiro atoms. The number of hydrogen-bond donors (Lipinski definition) is 1. The van der Waals surface area contributed by atoms with Crippen molar-refractivity contribution < 1.29 is 27.9 Å². The van der Waals surface area contributed by atoms with Gasteiger partial charge in [0.25, 0.3) is 5.91 Å². The lowest BCUT2D eigenvalue weighted by Gasteiger charge is -2.17. The lowest BCUT2D eigenvalue weighted by molar-refractivity contribution is -0.151. The van der Waals surface area contributed by atoms with Crippen LogP contribution in [0.4, 0.5) is 20.2 Å². The van der Waals surface area contributed by atoms with Crippen molar-refractivity contribution in [3.8, 4) is 0 Å². The fourth-order valence-corrected chi connectivity index (χ4v) is 2.75. The van der Waals surface area contributed by atoms with Crippen LogP contribution in [0.25, 0.3) is 0 Å². The summed E-state index contributed by atoms with van der Waals surface area (Å²) in [5.74, 6) is -3.47. The van der Waals surface area contributed by atoms with E-state index in [1.165, 1.54) is 47.4 Å². The molecule has 0 aliphatic carbocycles. The van der Waals surface area contributed by atoms with Gasteiger partial charge < -0.3 is 15.0 Å². The summed E-state index contributed by atoms with van der Waals surface area (Å²) in [5.41, 5.74) is 0.464. The first-order valence-electron chi connectivity index (χ1n) is 8.21. The molecule has 0 aromatic heterocycles. The van der Waals surface area contributed by atoms with Crippen molar-refractivity contribution in [2.75, 3.05) is 23.4 Å². The number of nitrogens with one attached hydrogen (secondary N) is 1. The van der Waals surface area contributed by atoms with Crippen LogP contribution in [0.15, 0.2) is 48.5 Å². The van der Waals surface area contributed by atoms with Crippen molar-refractivity contribution >= 4 is 29.2 Å². The molecule has 27 heavy (non-hydrogen) atoms. The molecule has 1 fully saturated rings. The van der Waals surface area contributed by atoms with Crippen LogP contribution in [0, 0.1) is 17.6 Å². The van der Waals surface area contributed by atoms with Crippen LogP contribution in [0.2, 0.25) is 0 Å². The highest BCUT2D eigenvalue weighted by atomic mass is 19.1. The van der Waals surface area contributed by atoms with Gasteiger partial charge in [-0.2, -0.15) is 0 Å². The number of carbonyl (C=O) groups excluding carboxylic acids is 3. The molecule has 0 unspecified atom stereocenters. The highest BCUT2D eigenvalue weighted by molar-refractivity contribution is 6.00. The molecule has 2 aromatic carbocycles. The van der Waals surface area contributed by atoms with Gasteiger partial charge in [-0.05, 0) is 36.4 Å². The molecule has 1 heterocycles. The maximum absolute atomic E-state index is 13.8. The molecule has 2 amide bonds. The highest BCUT2D eigenvalue weighted by Gasteiger charge is 2.37. The zero-order chi connectivity index (χ0) is 19.4. The lowest BCUT2D eigenvalue weighted by atomic mass is 10.1. The van der Waals surface area contributed by atoms with Gasteiger partial charge in [0.2, 0.25) is 5.91 Å². The van der Waals surface area contributed by atoms with E-state index in [9.17, 15) is 23.2 Å². The summed E-state index contributed by atoms with van der Waals surface area (Å²) < 4.78 is 31.6. The second-order valence-corrected chi connectivity index (χ2v) is 6.02. The summed E-state index contributed by atoms with van der Waals surface area (Å²) in [6.07, 6.45) is -0.118. The smallest absolute Gasteiger partial charge is 0.311 e. The van der Waals surface area contributed by atoms with Crippen molar-refractivity contribution in [3.63, 3.8) is 0 Å². The minimum absolute atomic E-state index is 0.0157. The summed E-state index contributed by atoms with van der Waals surface area (Å²) in [7, 11) is 0. The number of hydrogen-bond acceptors (Lipinski definition) is 4. The highest BCUT2D eigenvalue weighted by Crippen LogP contribution is 2.27. The van der Waals surface area contributed by atoms with Crippen molar-refractivity contribution in [1.82, 2.24) is 0 Å². The minimum Gasteiger partial charge on any atom is -0.455 e. The molecule has 0 radical (unpaired) electrons. The number of carbonyl (C=O) groups is 3. The first-order chi connectivity index (χ1) is 12.9. The van der Waals surface area contributed by atoms with Crippen molar-refractivity contribution in [2.45, 2.75) is 6.42 Å². The number of nitrogens with zero attached hydrogens (tertiary/aromatic N) is 1. The van der Waals surface area contributed by atoms with Crippen molar-refractivity contribution in [3.05, 3.63) is 60.2 Å². The number of anilines is 2. The number of ether oxygens (including phenoxy) is 1. The number of para-hydroxylation sites is 1. The quantitative estimate of drug-likeness (QED) is 0.816. The molecular formula is C19H16F2N2O4. The van der Waals surface area contributed by atoms with E-state index in [4.69, 9.17) is 4.74 Å². The summed E-state index contributed by atoms with van der Waals surface area (Å²) >= 11 is 0. The van der Waals surface area contributed by atoms with Gasteiger partial charge in [0.1, 0.15) is 11.6 Å². The van der Waals surface area contributed by atoms with E-state index in [0.717, 1.165) is 0 Å². The van der Waals surface area contributed by atoms with Gasteiger partial charge in [-0.15, -0.1) is 0 Å². The summed E-state index contributed by atoms with van der Waals surface area (Å²) in [4.78, 5) is 37.2. The van der Waals surface area contributed by atoms with E-state index >= 15 is 0 Å². The van der Waals surface area contributed by atoms with Gasteiger partial charge in [0, 0.05) is 18.7 Å². The average molecular weight is 374 g/mol. The minimum atomic E-state index is -0.782. The summed E-state index contributed by atoms with van der Waals surface area (Å²) in [6.45, 7) is -0.557. The molecule has 2 aromatic rings. The number of benzene rings is 2. The third-order valence-electron chi connectivity index (χ3n) is 4.08. The Labute approximate surface area is 153 Å². The Hall–Kier alpha value is -3.29. The van der Waals surface area contributed by atoms with Crippen LogP contribution >= 0.6 is 0 Å². The first kappa shape index (κ1) is 18.5. The van der Waals surface area contributed by atoms with Crippen LogP contribution in [0.3, 0.4) is 0 Å². The molecule has 3 rings (SSSR count). The second-order valence-electron chi connectivity index (χ2n) is 6.02. The maximum Gasteiger partial charge on any atom is 0.311 e. The average Bonchev–Trinajstić information content (AvgIpc) is 3.04. The molecule has 0 saturated carbocycles. The molecule has 1 aliphatic rings. The Bertz CT molecular complexity index is 870. The van der Waals surface area contributed by atoms with Gasteiger partial charge in [-0.1, -0.05) is 12.1 Å². The fraction of sp³-hybridized carbons (Fsp3) is 0.211. The molecule has 1 atom stereocenters. The summed E-state index contributed by atoms with van der Waals surface area (Å²) in [5, 5.41) is 2.46. The van der Waals surface area contributed by atoms with Crippen LogP contribution in [-0.2, 0) is 19.1 Å². The van der Waals surface area contributed by atoms with Gasteiger partial charge >= 0.3 is 5.97 Å². The van der Waals surface area contributed by atoms with E-state index in [0.29, 0.717) is 5.69 Å². The first-order valence-corrected chi connectivity index (χ1v) is 8.21. The molecule has 0 bridgehead atoms. The zero-order valence-electron chi connectivity index (χ0n) is 14.2. The predicted molar refractivity (Wildman–Crippen MR) is 92.8 cm³/mol. The Balaban J connectivity index is 1.53. The second kappa shape index (κ2) is 7.94. The Morgan fingerprint density at radius 1 is 1.11 bits per heavy atom. The van der Waals surface area contributed by atoms with E-state index < -0.39 is 41.9 Å². The SMILES string of the molecule is O=C(COC(=O)[C@@H]1CC(=O)N(c2ccccc2F)C1)Nc1ccc(F)cc1. The van der Waals surface area contributed by atoms with Crippen LogP contribution in [0.5, 0.6) is 0 Å². The van der Waals surface area contributed by atoms with Gasteiger partial charge in [0.15, 0.2) is 6.61 Å². The van der Waals surface area contributed by atoms with Crippen LogP contribution in [0.1, 0.15) is 6.42 Å². The topological polar surface area (TPSA) is 75.7 Å². The predicted octanol–water partition coefficient (Wildman–Crippen LogP) is 2.50. The number of amides is 2. The standard InChI is InChI=1S/C19H16F2N2O4/c20-13-5-7-14(8-6-13)22-17(24)11-27-19(26)12-9-18(25)23(10-12)16-4-2-1-3-15(16)21/h1-8,12H,9-11H2,(H,22,24)/t12-/m1/s1. The molecule has 140 valence electrons. The number of esters is 1. The molecule has 6 nitrogen and oxygen atoms in total. The van der Waals surface area contributed by atoms with E-state index in [-0.39, 0.29) is 18.7 Å². The monoisotopic (exact) mass is 374 g/mol. The van der Waals surface area contributed by atoms with Gasteiger partial charge in [0.05, 0.1) is 11.6 Å². The number of halogens is 2. The van der Waals surface area contributed by atoms with Crippen LogP contribution < -0.4 is 10.2 Å².